The molecule has 0 aliphatic rings. The van der Waals surface area contributed by atoms with Crippen LogP contribution in [0.15, 0.2) is 24.3 Å². The molecule has 0 unspecified atom stereocenters. The van der Waals surface area contributed by atoms with Gasteiger partial charge in [0.25, 0.3) is 0 Å². The molecule has 1 amide bonds. The van der Waals surface area contributed by atoms with Crippen LogP contribution in [0.4, 0.5) is 4.39 Å². The van der Waals surface area contributed by atoms with Crippen molar-refractivity contribution >= 4 is 5.91 Å². The molecule has 0 saturated heterocycles. The first kappa shape index (κ1) is 12.6. The van der Waals surface area contributed by atoms with Crippen LogP contribution in [0, 0.1) is 11.7 Å². The maximum atomic E-state index is 12.8. The molecule has 0 aromatic heterocycles. The van der Waals surface area contributed by atoms with Crippen molar-refractivity contribution in [1.82, 2.24) is 5.32 Å². The Bertz CT molecular complexity index is 366. The number of carbonyl (C=O) groups is 1. The van der Waals surface area contributed by atoms with Crippen LogP contribution in [-0.2, 0) is 11.3 Å². The summed E-state index contributed by atoms with van der Waals surface area (Å²) in [4.78, 5) is 11.5. The normalized spacial score (nSPS) is 12.6. The number of rotatable bonds is 4. The first-order valence-electron chi connectivity index (χ1n) is 5.28. The Kier molecular flexibility index (Phi) is 4.43. The van der Waals surface area contributed by atoms with Gasteiger partial charge in [-0.2, -0.15) is 0 Å². The van der Waals surface area contributed by atoms with Gasteiger partial charge in [-0.25, -0.2) is 4.39 Å². The molecule has 0 radical (unpaired) electrons. The van der Waals surface area contributed by atoms with Crippen LogP contribution < -0.4 is 11.1 Å². The van der Waals surface area contributed by atoms with Crippen LogP contribution >= 0.6 is 0 Å². The maximum Gasteiger partial charge on any atom is 0.237 e. The monoisotopic (exact) mass is 224 g/mol. The van der Waals surface area contributed by atoms with Crippen LogP contribution in [0.3, 0.4) is 0 Å². The summed E-state index contributed by atoms with van der Waals surface area (Å²) in [6.07, 6.45) is 0. The lowest BCUT2D eigenvalue weighted by molar-refractivity contribution is -0.123. The average molecular weight is 224 g/mol. The zero-order valence-corrected chi connectivity index (χ0v) is 9.53. The molecule has 0 saturated carbocycles. The SMILES string of the molecule is CC(C)[C@H](N)C(=O)NCc1cccc(F)c1. The lowest BCUT2D eigenvalue weighted by Crippen LogP contribution is -2.43. The van der Waals surface area contributed by atoms with E-state index in [9.17, 15) is 9.18 Å². The lowest BCUT2D eigenvalue weighted by atomic mass is 10.0. The third-order valence-corrected chi connectivity index (χ3v) is 2.38. The molecule has 3 nitrogen and oxygen atoms in total. The Morgan fingerprint density at radius 1 is 1.50 bits per heavy atom. The van der Waals surface area contributed by atoms with E-state index in [1.54, 1.807) is 12.1 Å². The largest absolute Gasteiger partial charge is 0.351 e. The second kappa shape index (κ2) is 5.61. The fourth-order valence-electron chi connectivity index (χ4n) is 1.26. The van der Waals surface area contributed by atoms with Gasteiger partial charge in [0.05, 0.1) is 6.04 Å². The number of amides is 1. The number of benzene rings is 1. The predicted molar refractivity (Wildman–Crippen MR) is 61.1 cm³/mol. The Morgan fingerprint density at radius 3 is 2.75 bits per heavy atom. The topological polar surface area (TPSA) is 55.1 Å². The van der Waals surface area contributed by atoms with Gasteiger partial charge in [-0.15, -0.1) is 0 Å². The molecule has 0 heterocycles. The van der Waals surface area contributed by atoms with Crippen molar-refractivity contribution in [2.45, 2.75) is 26.4 Å². The Morgan fingerprint density at radius 2 is 2.19 bits per heavy atom. The van der Waals surface area contributed by atoms with E-state index in [4.69, 9.17) is 5.73 Å². The van der Waals surface area contributed by atoms with Gasteiger partial charge in [0, 0.05) is 6.54 Å². The molecule has 0 aliphatic heterocycles. The van der Waals surface area contributed by atoms with Gasteiger partial charge in [-0.3, -0.25) is 4.79 Å². The second-order valence-electron chi connectivity index (χ2n) is 4.12. The van der Waals surface area contributed by atoms with Crippen molar-refractivity contribution in [3.63, 3.8) is 0 Å². The van der Waals surface area contributed by atoms with Crippen molar-refractivity contribution in [3.8, 4) is 0 Å². The number of hydrogen-bond acceptors (Lipinski definition) is 2. The lowest BCUT2D eigenvalue weighted by Gasteiger charge is -2.15. The van der Waals surface area contributed by atoms with Gasteiger partial charge in [0.1, 0.15) is 5.82 Å². The molecule has 1 rings (SSSR count). The van der Waals surface area contributed by atoms with E-state index < -0.39 is 6.04 Å². The van der Waals surface area contributed by atoms with E-state index in [1.165, 1.54) is 12.1 Å². The zero-order valence-electron chi connectivity index (χ0n) is 9.53. The van der Waals surface area contributed by atoms with Crippen LogP contribution in [0.2, 0.25) is 0 Å². The van der Waals surface area contributed by atoms with Gasteiger partial charge >= 0.3 is 0 Å². The van der Waals surface area contributed by atoms with Crippen molar-refractivity contribution in [1.29, 1.82) is 0 Å². The molecule has 1 aromatic carbocycles. The quantitative estimate of drug-likeness (QED) is 0.812. The number of nitrogens with two attached hydrogens (primary N) is 1. The zero-order chi connectivity index (χ0) is 12.1. The molecule has 1 aromatic rings. The van der Waals surface area contributed by atoms with Crippen molar-refractivity contribution in [3.05, 3.63) is 35.6 Å². The van der Waals surface area contributed by atoms with Crippen LogP contribution in [0.5, 0.6) is 0 Å². The van der Waals surface area contributed by atoms with Gasteiger partial charge in [-0.05, 0) is 23.6 Å². The summed E-state index contributed by atoms with van der Waals surface area (Å²) >= 11 is 0. The van der Waals surface area contributed by atoms with Gasteiger partial charge < -0.3 is 11.1 Å². The summed E-state index contributed by atoms with van der Waals surface area (Å²) in [6.45, 7) is 4.07. The van der Waals surface area contributed by atoms with E-state index in [0.29, 0.717) is 6.54 Å². The van der Waals surface area contributed by atoms with E-state index >= 15 is 0 Å². The van der Waals surface area contributed by atoms with Crippen molar-refractivity contribution < 1.29 is 9.18 Å². The molecule has 1 atom stereocenters. The number of nitrogens with one attached hydrogen (secondary N) is 1. The Labute approximate surface area is 94.8 Å². The standard InChI is InChI=1S/C12H17FN2O/c1-8(2)11(14)12(16)15-7-9-4-3-5-10(13)6-9/h3-6,8,11H,7,14H2,1-2H3,(H,15,16)/t11-/m0/s1. The second-order valence-corrected chi connectivity index (χ2v) is 4.12. The molecule has 88 valence electrons. The molecular formula is C12H17FN2O. The van der Waals surface area contributed by atoms with Gasteiger partial charge in [0.2, 0.25) is 5.91 Å². The molecule has 0 spiro atoms. The Balaban J connectivity index is 2.49. The summed E-state index contributed by atoms with van der Waals surface area (Å²) in [5, 5.41) is 2.68. The molecule has 0 fully saturated rings. The highest BCUT2D eigenvalue weighted by molar-refractivity contribution is 5.81. The summed E-state index contributed by atoms with van der Waals surface area (Å²) < 4.78 is 12.8. The molecular weight excluding hydrogens is 207 g/mol. The van der Waals surface area contributed by atoms with Crippen molar-refractivity contribution in [2.24, 2.45) is 11.7 Å². The molecule has 0 aliphatic carbocycles. The minimum absolute atomic E-state index is 0.0903. The first-order chi connectivity index (χ1) is 7.50. The Hall–Kier alpha value is -1.42. The maximum absolute atomic E-state index is 12.8. The van der Waals surface area contributed by atoms with E-state index in [2.05, 4.69) is 5.32 Å². The highest BCUT2D eigenvalue weighted by Crippen LogP contribution is 2.03. The molecule has 3 N–H and O–H groups in total. The van der Waals surface area contributed by atoms with Crippen LogP contribution in [0.1, 0.15) is 19.4 Å². The first-order valence-corrected chi connectivity index (χ1v) is 5.28. The average Bonchev–Trinajstić information content (AvgIpc) is 2.24. The fraction of sp³-hybridized carbons (Fsp3) is 0.417. The summed E-state index contributed by atoms with van der Waals surface area (Å²) in [7, 11) is 0. The number of carbonyl (C=O) groups excluding carboxylic acids is 1. The van der Waals surface area contributed by atoms with E-state index in [0.717, 1.165) is 5.56 Å². The van der Waals surface area contributed by atoms with Crippen LogP contribution in [-0.4, -0.2) is 11.9 Å². The van der Waals surface area contributed by atoms with Gasteiger partial charge in [-0.1, -0.05) is 26.0 Å². The molecule has 16 heavy (non-hydrogen) atoms. The molecule has 4 heteroatoms. The minimum atomic E-state index is -0.520. The van der Waals surface area contributed by atoms with Crippen LogP contribution in [0.25, 0.3) is 0 Å². The fourth-order valence-corrected chi connectivity index (χ4v) is 1.26. The molecule has 0 bridgehead atoms. The summed E-state index contributed by atoms with van der Waals surface area (Å²) in [5.74, 6) is -0.424. The minimum Gasteiger partial charge on any atom is -0.351 e. The summed E-state index contributed by atoms with van der Waals surface area (Å²) in [5.41, 5.74) is 6.39. The third-order valence-electron chi connectivity index (χ3n) is 2.38. The number of hydrogen-bond donors (Lipinski definition) is 2. The smallest absolute Gasteiger partial charge is 0.237 e. The number of halogens is 1. The van der Waals surface area contributed by atoms with Crippen molar-refractivity contribution in [2.75, 3.05) is 0 Å². The van der Waals surface area contributed by atoms with Gasteiger partial charge in [0.15, 0.2) is 0 Å². The third kappa shape index (κ3) is 3.62. The predicted octanol–water partition coefficient (Wildman–Crippen LogP) is 1.43. The highest BCUT2D eigenvalue weighted by Gasteiger charge is 2.16. The van der Waals surface area contributed by atoms with E-state index in [-0.39, 0.29) is 17.6 Å². The highest BCUT2D eigenvalue weighted by atomic mass is 19.1. The van der Waals surface area contributed by atoms with E-state index in [1.807, 2.05) is 13.8 Å². The summed E-state index contributed by atoms with van der Waals surface area (Å²) in [6, 6.07) is 5.60.